The van der Waals surface area contributed by atoms with Gasteiger partial charge in [-0.15, -0.1) is 0 Å². The predicted octanol–water partition coefficient (Wildman–Crippen LogP) is 4.19. The number of esters is 1. The number of likely N-dealkylation sites (tertiary alicyclic amines) is 1. The molecule has 1 aromatic rings. The summed E-state index contributed by atoms with van der Waals surface area (Å²) in [6, 6.07) is 6.67. The molecule has 0 radical (unpaired) electrons. The zero-order valence-corrected chi connectivity index (χ0v) is 20.7. The molecule has 1 saturated heterocycles. The Morgan fingerprint density at radius 3 is 2.14 bits per heavy atom. The number of ether oxygens (including phenoxy) is 1. The van der Waals surface area contributed by atoms with E-state index in [9.17, 15) is 19.2 Å². The van der Waals surface area contributed by atoms with Gasteiger partial charge in [-0.25, -0.2) is 4.79 Å². The van der Waals surface area contributed by atoms with E-state index in [0.29, 0.717) is 55.4 Å². The van der Waals surface area contributed by atoms with E-state index in [1.807, 2.05) is 6.92 Å². The Bertz CT molecular complexity index is 1070. The van der Waals surface area contributed by atoms with Gasteiger partial charge in [0.25, 0.3) is 0 Å². The fourth-order valence-electron chi connectivity index (χ4n) is 7.26. The number of imide groups is 1. The van der Waals surface area contributed by atoms with Gasteiger partial charge in [-0.3, -0.25) is 19.3 Å². The Kier molecular flexibility index (Phi) is 5.97. The molecule has 0 spiro atoms. The van der Waals surface area contributed by atoms with E-state index in [1.165, 1.54) is 6.42 Å². The number of carbonyl (C=O) groups excluding carboxylic acids is 4. The van der Waals surface area contributed by atoms with Crippen molar-refractivity contribution >= 4 is 29.4 Å². The number of unbranched alkanes of at least 4 members (excludes halogenated alkanes) is 1. The van der Waals surface area contributed by atoms with Gasteiger partial charge < -0.3 is 10.1 Å². The number of rotatable bonds is 7. The average Bonchev–Trinajstić information content (AvgIpc) is 3.67. The van der Waals surface area contributed by atoms with Crippen molar-refractivity contribution in [3.63, 3.8) is 0 Å². The maximum Gasteiger partial charge on any atom is 0.338 e. The lowest BCUT2D eigenvalue weighted by Gasteiger charge is -2.37. The summed E-state index contributed by atoms with van der Waals surface area (Å²) in [4.78, 5) is 53.3. The molecule has 7 rings (SSSR count). The number of hydrogen-bond donors (Lipinski definition) is 1. The summed E-state index contributed by atoms with van der Waals surface area (Å²) in [5, 5.41) is 2.96. The largest absolute Gasteiger partial charge is 0.462 e. The van der Waals surface area contributed by atoms with Crippen molar-refractivity contribution in [2.75, 3.05) is 11.9 Å². The van der Waals surface area contributed by atoms with Crippen molar-refractivity contribution < 1.29 is 23.9 Å². The topological polar surface area (TPSA) is 92.8 Å². The number of hydrogen-bond acceptors (Lipinski definition) is 5. The average molecular weight is 491 g/mol. The minimum absolute atomic E-state index is 0.0379. The molecule has 190 valence electrons. The van der Waals surface area contributed by atoms with Gasteiger partial charge in [-0.05, 0) is 86.5 Å². The predicted molar refractivity (Wildman–Crippen MR) is 133 cm³/mol. The standard InChI is InChI=1S/C29H34N2O5/c1-2-3-14-36-29(35)17-4-8-18(9-5-17)30-26(32)16-6-10-19(11-7-16)31-27(33)24-20-12-13-21(23-15-22(20)23)25(24)28(31)34/h4-5,8-9,12-13,16,19-25H,2-3,6-7,10-11,14-15H2,1H3,(H,30,32)/t16?,19?,20-,21+,22-,23-,24+,25+/m1/s1. The molecule has 6 aliphatic rings. The fraction of sp³-hybridized carbons (Fsp3) is 0.586. The van der Waals surface area contributed by atoms with Crippen molar-refractivity contribution in [2.24, 2.45) is 41.4 Å². The van der Waals surface area contributed by atoms with E-state index in [-0.39, 0.29) is 59.3 Å². The van der Waals surface area contributed by atoms with Gasteiger partial charge in [0, 0.05) is 17.6 Å². The summed E-state index contributed by atoms with van der Waals surface area (Å²) in [6.45, 7) is 2.45. The number of anilines is 1. The third-order valence-electron chi connectivity index (χ3n) is 9.25. The molecule has 1 heterocycles. The quantitative estimate of drug-likeness (QED) is 0.268. The molecule has 0 aromatic heterocycles. The zero-order valence-electron chi connectivity index (χ0n) is 20.7. The van der Waals surface area contributed by atoms with Gasteiger partial charge in [0.15, 0.2) is 0 Å². The van der Waals surface area contributed by atoms with Crippen LogP contribution in [-0.2, 0) is 19.1 Å². The number of nitrogens with one attached hydrogen (secondary N) is 1. The third-order valence-corrected chi connectivity index (χ3v) is 9.25. The van der Waals surface area contributed by atoms with Crippen LogP contribution in [0.25, 0.3) is 0 Å². The first-order valence-electron chi connectivity index (χ1n) is 13.6. The van der Waals surface area contributed by atoms with E-state index in [1.54, 1.807) is 29.2 Å². The number of amides is 3. The summed E-state index contributed by atoms with van der Waals surface area (Å²) >= 11 is 0. The second kappa shape index (κ2) is 9.16. The van der Waals surface area contributed by atoms with E-state index in [0.717, 1.165) is 12.8 Å². The summed E-state index contributed by atoms with van der Waals surface area (Å²) in [5.74, 6) is 0.932. The minimum Gasteiger partial charge on any atom is -0.462 e. The Labute approximate surface area is 211 Å². The summed E-state index contributed by atoms with van der Waals surface area (Å²) < 4.78 is 5.22. The van der Waals surface area contributed by atoms with Crippen LogP contribution in [0.5, 0.6) is 0 Å². The van der Waals surface area contributed by atoms with Crippen molar-refractivity contribution in [2.45, 2.75) is 57.9 Å². The van der Waals surface area contributed by atoms with Crippen LogP contribution in [0.2, 0.25) is 0 Å². The minimum atomic E-state index is -0.355. The van der Waals surface area contributed by atoms with Crippen LogP contribution in [0, 0.1) is 41.4 Å². The number of benzene rings is 1. The zero-order chi connectivity index (χ0) is 25.0. The maximum atomic E-state index is 13.4. The summed E-state index contributed by atoms with van der Waals surface area (Å²) in [7, 11) is 0. The lowest BCUT2D eigenvalue weighted by Crippen LogP contribution is -2.44. The molecular weight excluding hydrogens is 456 g/mol. The van der Waals surface area contributed by atoms with Crippen LogP contribution in [0.3, 0.4) is 0 Å². The first kappa shape index (κ1) is 23.4. The maximum absolute atomic E-state index is 13.4. The molecule has 7 nitrogen and oxygen atoms in total. The monoisotopic (exact) mass is 490 g/mol. The molecule has 6 atom stereocenters. The first-order chi connectivity index (χ1) is 17.5. The van der Waals surface area contributed by atoms with E-state index >= 15 is 0 Å². The lowest BCUT2D eigenvalue weighted by atomic mass is 9.63. The van der Waals surface area contributed by atoms with Crippen molar-refractivity contribution in [1.29, 1.82) is 0 Å². The highest BCUT2D eigenvalue weighted by Crippen LogP contribution is 2.65. The Hall–Kier alpha value is -2.96. The van der Waals surface area contributed by atoms with E-state index in [4.69, 9.17) is 4.74 Å². The molecule has 5 aliphatic carbocycles. The highest BCUT2D eigenvalue weighted by atomic mass is 16.5. The second-order valence-corrected chi connectivity index (χ2v) is 11.3. The molecule has 7 heteroatoms. The van der Waals surface area contributed by atoms with Crippen LogP contribution in [0.1, 0.15) is 62.2 Å². The molecule has 4 fully saturated rings. The molecule has 0 unspecified atom stereocenters. The molecular formula is C29H34N2O5. The third kappa shape index (κ3) is 3.87. The smallest absolute Gasteiger partial charge is 0.338 e. The van der Waals surface area contributed by atoms with Crippen LogP contribution < -0.4 is 5.32 Å². The van der Waals surface area contributed by atoms with Gasteiger partial charge in [0.05, 0.1) is 24.0 Å². The van der Waals surface area contributed by atoms with E-state index in [2.05, 4.69) is 17.5 Å². The summed E-state index contributed by atoms with van der Waals surface area (Å²) in [5.41, 5.74) is 1.11. The number of nitrogens with zero attached hydrogens (tertiary/aromatic N) is 1. The molecule has 2 bridgehead atoms. The van der Waals surface area contributed by atoms with Crippen LogP contribution >= 0.6 is 0 Å². The number of carbonyl (C=O) groups is 4. The highest BCUT2D eigenvalue weighted by molar-refractivity contribution is 6.06. The second-order valence-electron chi connectivity index (χ2n) is 11.3. The van der Waals surface area contributed by atoms with Crippen LogP contribution in [0.15, 0.2) is 36.4 Å². The molecule has 1 aromatic carbocycles. The van der Waals surface area contributed by atoms with Gasteiger partial charge in [0.2, 0.25) is 17.7 Å². The van der Waals surface area contributed by atoms with Crippen molar-refractivity contribution in [3.05, 3.63) is 42.0 Å². The molecule has 3 saturated carbocycles. The van der Waals surface area contributed by atoms with Crippen LogP contribution in [0.4, 0.5) is 5.69 Å². The molecule has 3 amide bonds. The van der Waals surface area contributed by atoms with Gasteiger partial charge in [0.1, 0.15) is 0 Å². The first-order valence-corrected chi connectivity index (χ1v) is 13.6. The lowest BCUT2D eigenvalue weighted by molar-refractivity contribution is -0.144. The Morgan fingerprint density at radius 1 is 0.944 bits per heavy atom. The molecule has 36 heavy (non-hydrogen) atoms. The summed E-state index contributed by atoms with van der Waals surface area (Å²) in [6.07, 6.45) is 10.0. The van der Waals surface area contributed by atoms with Gasteiger partial charge in [-0.1, -0.05) is 25.5 Å². The van der Waals surface area contributed by atoms with Gasteiger partial charge >= 0.3 is 5.97 Å². The number of allylic oxidation sites excluding steroid dienone is 2. The van der Waals surface area contributed by atoms with Crippen LogP contribution in [-0.4, -0.2) is 41.2 Å². The Balaban J connectivity index is 1.02. The normalized spacial score (nSPS) is 35.9. The molecule has 1 aliphatic heterocycles. The SMILES string of the molecule is CCCCOC(=O)c1ccc(NC(=O)C2CCC(N3C(=O)[C@H]4[C@@H]5C=C[C@@H]([C@H]6C[C@H]56)[C@@H]4C3=O)CC2)cc1. The molecule has 1 N–H and O–H groups in total. The fourth-order valence-corrected chi connectivity index (χ4v) is 7.26. The van der Waals surface area contributed by atoms with Crippen molar-refractivity contribution in [3.8, 4) is 0 Å². The Morgan fingerprint density at radius 2 is 1.56 bits per heavy atom. The van der Waals surface area contributed by atoms with Gasteiger partial charge in [-0.2, -0.15) is 0 Å². The van der Waals surface area contributed by atoms with E-state index < -0.39 is 0 Å². The van der Waals surface area contributed by atoms with Crippen molar-refractivity contribution in [1.82, 2.24) is 4.90 Å². The highest BCUT2D eigenvalue weighted by Gasteiger charge is 2.67.